The number of anilines is 1. The smallest absolute Gasteiger partial charge is 0.293 e. The van der Waals surface area contributed by atoms with Crippen LogP contribution in [0.5, 0.6) is 0 Å². The van der Waals surface area contributed by atoms with Gasteiger partial charge in [-0.15, -0.1) is 0 Å². The molecule has 146 valence electrons. The molecule has 1 aromatic heterocycles. The fraction of sp³-hybridized carbons (Fsp3) is 0.350. The van der Waals surface area contributed by atoms with Crippen LogP contribution < -0.4 is 15.1 Å². The van der Waals surface area contributed by atoms with E-state index >= 15 is 0 Å². The van der Waals surface area contributed by atoms with E-state index < -0.39 is 0 Å². The van der Waals surface area contributed by atoms with Crippen LogP contribution in [0.3, 0.4) is 0 Å². The Morgan fingerprint density at radius 3 is 2.64 bits per heavy atom. The molecule has 0 saturated carbocycles. The van der Waals surface area contributed by atoms with Crippen molar-refractivity contribution in [1.29, 1.82) is 0 Å². The van der Waals surface area contributed by atoms with Crippen molar-refractivity contribution in [3.8, 4) is 0 Å². The molecule has 3 rings (SSSR count). The molecule has 8 heteroatoms. The maximum Gasteiger partial charge on any atom is 0.293 e. The summed E-state index contributed by atoms with van der Waals surface area (Å²) < 4.78 is 0. The molecule has 0 radical (unpaired) electrons. The lowest BCUT2D eigenvalue weighted by molar-refractivity contribution is -0.641. The number of hydrogen-bond donors (Lipinski definition) is 1. The van der Waals surface area contributed by atoms with E-state index in [2.05, 4.69) is 28.6 Å². The molecule has 0 unspecified atom stereocenters. The average molecular weight is 381 g/mol. The van der Waals surface area contributed by atoms with Gasteiger partial charge in [-0.3, -0.25) is 9.59 Å². The Hall–Kier alpha value is -3.29. The van der Waals surface area contributed by atoms with Crippen molar-refractivity contribution in [1.82, 2.24) is 15.4 Å². The first-order valence-electron chi connectivity index (χ1n) is 9.15. The summed E-state index contributed by atoms with van der Waals surface area (Å²) in [5.41, 5.74) is 1.50. The predicted octanol–water partition coefficient (Wildman–Crippen LogP) is 1.64. The number of allylic oxidation sites excluding steroid dienone is 1. The molecule has 8 nitrogen and oxygen atoms in total. The largest absolute Gasteiger partial charge is 0.594 e. The van der Waals surface area contributed by atoms with Gasteiger partial charge in [-0.05, 0) is 36.6 Å². The zero-order valence-corrected chi connectivity index (χ0v) is 15.9. The highest BCUT2D eigenvalue weighted by Gasteiger charge is 2.25. The molecule has 2 heterocycles. The fourth-order valence-electron chi connectivity index (χ4n) is 3.23. The van der Waals surface area contributed by atoms with Gasteiger partial charge in [0.1, 0.15) is 5.52 Å². The van der Waals surface area contributed by atoms with Crippen LogP contribution in [0.15, 0.2) is 48.7 Å². The van der Waals surface area contributed by atoms with Crippen LogP contribution in [-0.4, -0.2) is 34.9 Å². The minimum atomic E-state index is -0.218. The van der Waals surface area contributed by atoms with Gasteiger partial charge in [0.15, 0.2) is 5.78 Å². The normalized spacial score (nSPS) is 14.7. The van der Waals surface area contributed by atoms with Gasteiger partial charge in [0.2, 0.25) is 5.91 Å². The van der Waals surface area contributed by atoms with E-state index in [-0.39, 0.29) is 28.9 Å². The van der Waals surface area contributed by atoms with E-state index in [4.69, 9.17) is 0 Å². The third-order valence-electron chi connectivity index (χ3n) is 4.94. The summed E-state index contributed by atoms with van der Waals surface area (Å²) in [6.45, 7) is 10.0. The van der Waals surface area contributed by atoms with Crippen molar-refractivity contribution >= 4 is 28.7 Å². The van der Waals surface area contributed by atoms with Crippen LogP contribution in [0.4, 0.5) is 5.95 Å². The van der Waals surface area contributed by atoms with Gasteiger partial charge in [-0.25, -0.2) is 4.98 Å². The van der Waals surface area contributed by atoms with Gasteiger partial charge in [-0.2, -0.15) is 0 Å². The summed E-state index contributed by atoms with van der Waals surface area (Å²) in [5, 5.41) is 18.8. The second-order valence-electron chi connectivity index (χ2n) is 6.97. The molecule has 0 bridgehead atoms. The van der Waals surface area contributed by atoms with Gasteiger partial charge >= 0.3 is 0 Å². The molecular weight excluding hydrogens is 358 g/mol. The number of carbonyl (C=O) groups is 2. The van der Waals surface area contributed by atoms with Gasteiger partial charge in [0.05, 0.1) is 5.10 Å². The molecule has 1 aliphatic rings. The number of carbonyl (C=O) groups excluding carboxylic acids is 2. The number of fused-ring (bicyclic) bond motifs is 1. The Bertz CT molecular complexity index is 948. The maximum atomic E-state index is 12.2. The van der Waals surface area contributed by atoms with Crippen molar-refractivity contribution in [2.75, 3.05) is 18.0 Å². The van der Waals surface area contributed by atoms with E-state index in [0.29, 0.717) is 41.3 Å². The highest BCUT2D eigenvalue weighted by atomic mass is 16.5. The SMILES string of the molecule is C=C(NC(=O)CC1CCN(c2nc3ccccc3[n+]([O-])n2)CC1)C(=C)C(C)=O. The van der Waals surface area contributed by atoms with Crippen LogP contribution in [0.1, 0.15) is 26.2 Å². The monoisotopic (exact) mass is 381 g/mol. The van der Waals surface area contributed by atoms with Crippen LogP contribution >= 0.6 is 0 Å². The van der Waals surface area contributed by atoms with E-state index in [1.165, 1.54) is 6.92 Å². The Labute approximate surface area is 163 Å². The summed E-state index contributed by atoms with van der Waals surface area (Å²) in [7, 11) is 0. The molecular formula is C20H23N5O3. The van der Waals surface area contributed by atoms with Crippen LogP contribution in [0.25, 0.3) is 11.0 Å². The molecule has 1 fully saturated rings. The Morgan fingerprint density at radius 1 is 1.29 bits per heavy atom. The zero-order valence-electron chi connectivity index (χ0n) is 15.9. The minimum Gasteiger partial charge on any atom is -0.594 e. The van der Waals surface area contributed by atoms with Gasteiger partial charge in [-0.1, -0.05) is 25.3 Å². The Balaban J connectivity index is 1.56. The second-order valence-corrected chi connectivity index (χ2v) is 6.97. The first-order valence-corrected chi connectivity index (χ1v) is 9.15. The van der Waals surface area contributed by atoms with Gasteiger partial charge in [0, 0.05) is 36.8 Å². The topological polar surface area (TPSA) is 102 Å². The Morgan fingerprint density at radius 2 is 1.96 bits per heavy atom. The molecule has 1 N–H and O–H groups in total. The fourth-order valence-corrected chi connectivity index (χ4v) is 3.23. The summed E-state index contributed by atoms with van der Waals surface area (Å²) in [6, 6.07) is 7.08. The number of para-hydroxylation sites is 2. The zero-order chi connectivity index (χ0) is 20.3. The molecule has 1 aromatic carbocycles. The molecule has 1 aliphatic heterocycles. The molecule has 0 atom stereocenters. The van der Waals surface area contributed by atoms with E-state index in [9.17, 15) is 14.8 Å². The lowest BCUT2D eigenvalue weighted by atomic mass is 9.93. The quantitative estimate of drug-likeness (QED) is 0.353. The highest BCUT2D eigenvalue weighted by molar-refractivity contribution is 5.98. The number of amides is 1. The summed E-state index contributed by atoms with van der Waals surface area (Å²) >= 11 is 0. The number of nitrogens with zero attached hydrogens (tertiary/aromatic N) is 4. The van der Waals surface area contributed by atoms with Crippen molar-refractivity contribution in [3.63, 3.8) is 0 Å². The van der Waals surface area contributed by atoms with Crippen molar-refractivity contribution in [2.45, 2.75) is 26.2 Å². The lowest BCUT2D eigenvalue weighted by Crippen LogP contribution is -2.41. The van der Waals surface area contributed by atoms with Crippen molar-refractivity contribution < 1.29 is 14.4 Å². The van der Waals surface area contributed by atoms with Gasteiger partial charge < -0.3 is 15.4 Å². The molecule has 0 aliphatic carbocycles. The standard InChI is InChI=1S/C20H23N5O3/c1-13(15(3)26)14(2)21-19(27)12-16-8-10-24(11-9-16)20-22-17-6-4-5-7-18(17)25(28)23-20/h4-7,16H,1-2,8-12H2,3H3,(H,21,27). The molecule has 0 spiro atoms. The molecule has 2 aromatic rings. The predicted molar refractivity (Wildman–Crippen MR) is 105 cm³/mol. The highest BCUT2D eigenvalue weighted by Crippen LogP contribution is 2.23. The number of benzene rings is 1. The first-order chi connectivity index (χ1) is 13.3. The minimum absolute atomic E-state index is 0.176. The molecule has 1 saturated heterocycles. The summed E-state index contributed by atoms with van der Waals surface area (Å²) in [4.78, 5) is 30.5. The van der Waals surface area contributed by atoms with E-state index in [1.807, 2.05) is 11.0 Å². The molecule has 28 heavy (non-hydrogen) atoms. The van der Waals surface area contributed by atoms with Crippen molar-refractivity contribution in [3.05, 3.63) is 53.9 Å². The number of rotatable bonds is 6. The van der Waals surface area contributed by atoms with Crippen LogP contribution in [0, 0.1) is 11.1 Å². The number of hydrogen-bond acceptors (Lipinski definition) is 6. The summed E-state index contributed by atoms with van der Waals surface area (Å²) in [6.07, 6.45) is 1.91. The molecule has 1 amide bonds. The average Bonchev–Trinajstić information content (AvgIpc) is 2.67. The Kier molecular flexibility index (Phi) is 5.67. The second kappa shape index (κ2) is 8.16. The van der Waals surface area contributed by atoms with E-state index in [0.717, 1.165) is 12.8 Å². The number of Topliss-reactive ketones (excluding diaryl/α,β-unsaturated/α-hetero) is 1. The van der Waals surface area contributed by atoms with Crippen LogP contribution in [-0.2, 0) is 9.59 Å². The van der Waals surface area contributed by atoms with Gasteiger partial charge in [0.25, 0.3) is 11.5 Å². The number of aromatic nitrogens is 3. The van der Waals surface area contributed by atoms with Crippen LogP contribution in [0.2, 0.25) is 0 Å². The first kappa shape index (κ1) is 19.5. The third-order valence-corrected chi connectivity index (χ3v) is 4.94. The van der Waals surface area contributed by atoms with Crippen molar-refractivity contribution in [2.24, 2.45) is 5.92 Å². The number of piperidine rings is 1. The van der Waals surface area contributed by atoms with E-state index in [1.54, 1.807) is 18.2 Å². The maximum absolute atomic E-state index is 12.2. The third kappa shape index (κ3) is 4.33. The lowest BCUT2D eigenvalue weighted by Gasteiger charge is -2.31. The number of nitrogens with one attached hydrogen (secondary N) is 1. The summed E-state index contributed by atoms with van der Waals surface area (Å²) in [5.74, 6) is 0.215. The number of ketones is 1.